The number of sulfonamides is 1. The summed E-state index contributed by atoms with van der Waals surface area (Å²) >= 11 is 12.4. The molecule has 8 nitrogen and oxygen atoms in total. The summed E-state index contributed by atoms with van der Waals surface area (Å²) in [5.41, 5.74) is 4.18. The fourth-order valence-corrected chi connectivity index (χ4v) is 5.00. The highest BCUT2D eigenvalue weighted by atomic mass is 35.5. The van der Waals surface area contributed by atoms with Gasteiger partial charge in [-0.1, -0.05) is 60.0 Å². The number of amides is 2. The van der Waals surface area contributed by atoms with Gasteiger partial charge in [0.1, 0.15) is 5.82 Å². The molecule has 0 saturated heterocycles. The number of benzene rings is 3. The number of aryl methyl sites for hydroxylation is 2. The number of nitrogens with zero attached hydrogens (tertiary/aromatic N) is 3. The van der Waals surface area contributed by atoms with E-state index < -0.39 is 16.1 Å². The Morgan fingerprint density at radius 1 is 1.06 bits per heavy atom. The van der Waals surface area contributed by atoms with Crippen LogP contribution in [0.3, 0.4) is 0 Å². The second-order valence-electron chi connectivity index (χ2n) is 8.24. The molecule has 0 radical (unpaired) electrons. The Labute approximate surface area is 219 Å². The van der Waals surface area contributed by atoms with E-state index in [1.54, 1.807) is 24.3 Å². The molecule has 0 unspecified atom stereocenters. The summed E-state index contributed by atoms with van der Waals surface area (Å²) in [7, 11) is -4.09. The number of carbonyl (C=O) groups is 1. The third-order valence-electron chi connectivity index (χ3n) is 5.68. The van der Waals surface area contributed by atoms with Crippen LogP contribution in [-0.4, -0.2) is 40.8 Å². The first kappa shape index (κ1) is 26.0. The largest absolute Gasteiger partial charge is 0.355 e. The van der Waals surface area contributed by atoms with Gasteiger partial charge in [-0.25, -0.2) is 28.0 Å². The van der Waals surface area contributed by atoms with E-state index in [1.807, 2.05) is 47.4 Å². The molecule has 0 aliphatic carbocycles. The van der Waals surface area contributed by atoms with Gasteiger partial charge in [-0.3, -0.25) is 9.77 Å². The van der Waals surface area contributed by atoms with E-state index in [9.17, 15) is 18.4 Å². The summed E-state index contributed by atoms with van der Waals surface area (Å²) in [5, 5.41) is 11.3. The second kappa shape index (κ2) is 10.5. The zero-order chi connectivity index (χ0) is 26.0. The molecule has 0 saturated carbocycles. The van der Waals surface area contributed by atoms with E-state index in [0.29, 0.717) is 28.0 Å². The minimum absolute atomic E-state index is 0.0625. The van der Waals surface area contributed by atoms with Crippen molar-refractivity contribution in [3.8, 4) is 5.69 Å². The van der Waals surface area contributed by atoms with Crippen molar-refractivity contribution in [3.05, 3.63) is 87.7 Å². The van der Waals surface area contributed by atoms with E-state index in [1.165, 1.54) is 12.1 Å². The summed E-state index contributed by atoms with van der Waals surface area (Å²) in [4.78, 5) is 16.8. The third kappa shape index (κ3) is 5.49. The summed E-state index contributed by atoms with van der Waals surface area (Å²) < 4.78 is 28.6. The quantitative estimate of drug-likeness (QED) is 0.234. The Bertz CT molecular complexity index is 1520. The van der Waals surface area contributed by atoms with Crippen molar-refractivity contribution in [2.75, 3.05) is 6.54 Å². The summed E-state index contributed by atoms with van der Waals surface area (Å²) in [5.74, 6) is 0.851. The minimum Gasteiger partial charge on any atom is -0.296 e. The number of halogens is 2. The van der Waals surface area contributed by atoms with Crippen LogP contribution >= 0.6 is 23.2 Å². The van der Waals surface area contributed by atoms with Gasteiger partial charge >= 0.3 is 6.03 Å². The molecule has 0 aliphatic rings. The van der Waals surface area contributed by atoms with Gasteiger partial charge < -0.3 is 0 Å². The molecule has 11 heteroatoms. The van der Waals surface area contributed by atoms with Crippen LogP contribution in [0.1, 0.15) is 23.9 Å². The average Bonchev–Trinajstić information content (AvgIpc) is 3.20. The Morgan fingerprint density at radius 3 is 2.33 bits per heavy atom. The molecular weight excluding hydrogens is 523 g/mol. The molecule has 36 heavy (non-hydrogen) atoms. The molecule has 2 amide bonds. The summed E-state index contributed by atoms with van der Waals surface area (Å²) in [6, 6.07) is 16.0. The average molecular weight is 547 g/mol. The Hall–Kier alpha value is -3.11. The maximum Gasteiger partial charge on any atom is 0.355 e. The molecule has 0 atom stereocenters. The number of aromatic nitrogens is 2. The maximum atomic E-state index is 12.4. The first-order chi connectivity index (χ1) is 17.1. The number of fused-ring (bicyclic) bond motifs is 1. The van der Waals surface area contributed by atoms with Crippen LogP contribution in [0.5, 0.6) is 0 Å². The van der Waals surface area contributed by atoms with Gasteiger partial charge in [-0.15, -0.1) is 0 Å². The first-order valence-electron chi connectivity index (χ1n) is 11.1. The number of hydroxylamine groups is 2. The van der Waals surface area contributed by atoms with Gasteiger partial charge in [0.15, 0.2) is 0 Å². The number of urea groups is 1. The zero-order valence-corrected chi connectivity index (χ0v) is 21.9. The molecule has 1 heterocycles. The highest BCUT2D eigenvalue weighted by Gasteiger charge is 2.21. The normalized spacial score (nSPS) is 11.6. The molecular formula is C25H24Cl2N4O4S. The molecule has 4 rings (SSSR count). The lowest BCUT2D eigenvalue weighted by molar-refractivity contribution is -0.0398. The van der Waals surface area contributed by atoms with E-state index in [2.05, 4.69) is 4.98 Å². The van der Waals surface area contributed by atoms with Crippen molar-refractivity contribution in [3.63, 3.8) is 0 Å². The molecule has 188 valence electrons. The lowest BCUT2D eigenvalue weighted by atomic mass is 10.1. The van der Waals surface area contributed by atoms with Crippen LogP contribution < -0.4 is 4.72 Å². The van der Waals surface area contributed by atoms with Gasteiger partial charge in [0.05, 0.1) is 32.5 Å². The van der Waals surface area contributed by atoms with Crippen LogP contribution in [0.2, 0.25) is 10.0 Å². The molecule has 3 aromatic carbocycles. The van der Waals surface area contributed by atoms with Crippen molar-refractivity contribution in [2.45, 2.75) is 31.6 Å². The van der Waals surface area contributed by atoms with Gasteiger partial charge in [-0.2, -0.15) is 0 Å². The summed E-state index contributed by atoms with van der Waals surface area (Å²) in [6.45, 7) is 3.73. The molecule has 1 aromatic heterocycles. The van der Waals surface area contributed by atoms with Crippen molar-refractivity contribution in [1.29, 1.82) is 0 Å². The number of nitrogens with one attached hydrogen (secondary N) is 1. The van der Waals surface area contributed by atoms with Gasteiger partial charge in [0, 0.05) is 12.1 Å². The zero-order valence-electron chi connectivity index (χ0n) is 19.6. The predicted octanol–water partition coefficient (Wildman–Crippen LogP) is 5.54. The number of imidazole rings is 1. The first-order valence-corrected chi connectivity index (χ1v) is 13.4. The molecule has 0 fully saturated rings. The van der Waals surface area contributed by atoms with Crippen molar-refractivity contribution < 1.29 is 18.4 Å². The Kier molecular flexibility index (Phi) is 7.56. The minimum atomic E-state index is -4.09. The molecule has 4 aromatic rings. The van der Waals surface area contributed by atoms with Crippen LogP contribution in [0.15, 0.2) is 65.6 Å². The smallest absolute Gasteiger partial charge is 0.296 e. The van der Waals surface area contributed by atoms with Crippen LogP contribution in [-0.2, 0) is 22.9 Å². The fraction of sp³-hybridized carbons (Fsp3) is 0.200. The van der Waals surface area contributed by atoms with E-state index >= 15 is 0 Å². The SMILES string of the molecule is CCc1nc2cc(Cl)c(Cl)cc2n1-c1ccc(CCN(O)C(=O)NS(=O)(=O)c2ccc(C)cc2)cc1. The summed E-state index contributed by atoms with van der Waals surface area (Å²) in [6.07, 6.45) is 1.01. The van der Waals surface area contributed by atoms with Crippen LogP contribution in [0, 0.1) is 6.92 Å². The number of hydrogen-bond donors (Lipinski definition) is 2. The lowest BCUT2D eigenvalue weighted by Gasteiger charge is -2.16. The maximum absolute atomic E-state index is 12.4. The third-order valence-corrected chi connectivity index (χ3v) is 7.73. The molecule has 0 aliphatic heterocycles. The monoisotopic (exact) mass is 546 g/mol. The molecule has 0 bridgehead atoms. The van der Waals surface area contributed by atoms with Crippen molar-refractivity contribution >= 4 is 50.3 Å². The highest BCUT2D eigenvalue weighted by Crippen LogP contribution is 2.30. The highest BCUT2D eigenvalue weighted by molar-refractivity contribution is 7.90. The number of hydrogen-bond acceptors (Lipinski definition) is 5. The van der Waals surface area contributed by atoms with Crippen LogP contribution in [0.25, 0.3) is 16.7 Å². The van der Waals surface area contributed by atoms with Gasteiger partial charge in [0.25, 0.3) is 10.0 Å². The van der Waals surface area contributed by atoms with E-state index in [-0.39, 0.29) is 11.4 Å². The fourth-order valence-electron chi connectivity index (χ4n) is 3.74. The van der Waals surface area contributed by atoms with Gasteiger partial charge in [-0.05, 0) is 55.3 Å². The van der Waals surface area contributed by atoms with Crippen LogP contribution in [0.4, 0.5) is 4.79 Å². The van der Waals surface area contributed by atoms with Crippen molar-refractivity contribution in [2.24, 2.45) is 0 Å². The van der Waals surface area contributed by atoms with Crippen molar-refractivity contribution in [1.82, 2.24) is 19.3 Å². The Morgan fingerprint density at radius 2 is 1.69 bits per heavy atom. The lowest BCUT2D eigenvalue weighted by Crippen LogP contribution is -2.41. The number of rotatable bonds is 7. The molecule has 2 N–H and O–H groups in total. The van der Waals surface area contributed by atoms with E-state index in [4.69, 9.17) is 23.2 Å². The van der Waals surface area contributed by atoms with E-state index in [0.717, 1.165) is 33.7 Å². The topological polar surface area (TPSA) is 105 Å². The Balaban J connectivity index is 1.44. The second-order valence-corrected chi connectivity index (χ2v) is 10.7. The number of carbonyl (C=O) groups excluding carboxylic acids is 1. The standard InChI is InChI=1S/C25H24Cl2N4O4S/c1-3-24-28-22-14-20(26)21(27)15-23(22)31(24)18-8-6-17(7-9-18)12-13-30(33)25(32)29-36(34,35)19-10-4-16(2)5-11-19/h4-11,14-15,33H,3,12-13H2,1-2H3,(H,29,32). The van der Waals surface area contributed by atoms with Gasteiger partial charge in [0.2, 0.25) is 0 Å². The molecule has 0 spiro atoms. The predicted molar refractivity (Wildman–Crippen MR) is 140 cm³/mol.